The second-order valence-electron chi connectivity index (χ2n) is 4.54. The van der Waals surface area contributed by atoms with E-state index in [1.165, 1.54) is 0 Å². The Morgan fingerprint density at radius 2 is 1.90 bits per heavy atom. The fourth-order valence-electron chi connectivity index (χ4n) is 1.90. The van der Waals surface area contributed by atoms with Crippen molar-refractivity contribution in [3.63, 3.8) is 0 Å². The van der Waals surface area contributed by atoms with Crippen LogP contribution in [0.15, 0.2) is 47.4 Å². The number of hydrogen-bond acceptors (Lipinski definition) is 3. The molecule has 2 aromatic carbocycles. The highest BCUT2D eigenvalue weighted by molar-refractivity contribution is 7.84. The fraction of sp³-hybridized carbons (Fsp3) is 0.133. The number of anilines is 1. The molecule has 1 atom stereocenters. The first kappa shape index (κ1) is 14.3. The first-order valence-electron chi connectivity index (χ1n) is 6.11. The van der Waals surface area contributed by atoms with Crippen LogP contribution in [0.25, 0.3) is 0 Å². The summed E-state index contributed by atoms with van der Waals surface area (Å²) in [6.45, 7) is 1.88. The van der Waals surface area contributed by atoms with Gasteiger partial charge in [0, 0.05) is 5.56 Å². The maximum Gasteiger partial charge on any atom is 0.248 e. The molecular weight excluding hydrogens is 272 g/mol. The molecule has 2 aromatic rings. The van der Waals surface area contributed by atoms with E-state index >= 15 is 0 Å². The largest absolute Gasteiger partial charge is 0.398 e. The van der Waals surface area contributed by atoms with E-state index in [1.54, 1.807) is 24.3 Å². The Kier molecular flexibility index (Phi) is 4.20. The van der Waals surface area contributed by atoms with E-state index in [0.29, 0.717) is 21.9 Å². The van der Waals surface area contributed by atoms with Crippen LogP contribution in [-0.2, 0) is 16.6 Å². The van der Waals surface area contributed by atoms with Gasteiger partial charge in [0.2, 0.25) is 5.91 Å². The minimum Gasteiger partial charge on any atom is -0.398 e. The quantitative estimate of drug-likeness (QED) is 0.843. The minimum absolute atomic E-state index is 0.300. The summed E-state index contributed by atoms with van der Waals surface area (Å²) in [5.41, 5.74) is 13.8. The molecule has 0 fully saturated rings. The molecule has 0 saturated heterocycles. The van der Waals surface area contributed by atoms with Gasteiger partial charge < -0.3 is 11.5 Å². The summed E-state index contributed by atoms with van der Waals surface area (Å²) in [5, 5.41) is 0. The highest BCUT2D eigenvalue weighted by atomic mass is 32.2. The van der Waals surface area contributed by atoms with E-state index in [0.717, 1.165) is 11.1 Å². The van der Waals surface area contributed by atoms with Gasteiger partial charge in [-0.05, 0) is 36.2 Å². The number of hydrogen-bond donors (Lipinski definition) is 2. The molecule has 20 heavy (non-hydrogen) atoms. The minimum atomic E-state index is -1.25. The van der Waals surface area contributed by atoms with Crippen LogP contribution in [0.2, 0.25) is 0 Å². The molecule has 0 aliphatic rings. The van der Waals surface area contributed by atoms with Crippen molar-refractivity contribution < 1.29 is 9.00 Å². The Labute approximate surface area is 120 Å². The third-order valence-electron chi connectivity index (χ3n) is 3.04. The fourth-order valence-corrected chi connectivity index (χ4v) is 3.17. The predicted octanol–water partition coefficient (Wildman–Crippen LogP) is 1.98. The maximum atomic E-state index is 12.4. The molecule has 0 bridgehead atoms. The molecule has 2 rings (SSSR count). The summed E-state index contributed by atoms with van der Waals surface area (Å²) in [4.78, 5) is 11.8. The van der Waals surface area contributed by atoms with Crippen molar-refractivity contribution in [1.82, 2.24) is 0 Å². The summed E-state index contributed by atoms with van der Waals surface area (Å²) < 4.78 is 12.4. The van der Waals surface area contributed by atoms with Gasteiger partial charge in [-0.25, -0.2) is 0 Å². The van der Waals surface area contributed by atoms with Gasteiger partial charge in [-0.15, -0.1) is 0 Å². The van der Waals surface area contributed by atoms with Crippen LogP contribution in [0.3, 0.4) is 0 Å². The average molecular weight is 288 g/mol. The third-order valence-corrected chi connectivity index (χ3v) is 4.48. The molecule has 1 unspecified atom stereocenters. The summed E-state index contributed by atoms with van der Waals surface area (Å²) >= 11 is 0. The van der Waals surface area contributed by atoms with Gasteiger partial charge in [-0.2, -0.15) is 0 Å². The smallest absolute Gasteiger partial charge is 0.248 e. The maximum absolute atomic E-state index is 12.4. The molecule has 0 radical (unpaired) electrons. The molecule has 0 aromatic heterocycles. The van der Waals surface area contributed by atoms with E-state index in [9.17, 15) is 9.00 Å². The van der Waals surface area contributed by atoms with Crippen molar-refractivity contribution in [3.05, 3.63) is 59.2 Å². The lowest BCUT2D eigenvalue weighted by Crippen LogP contribution is -2.11. The summed E-state index contributed by atoms with van der Waals surface area (Å²) in [6, 6.07) is 12.3. The number of nitrogens with two attached hydrogens (primary N) is 2. The van der Waals surface area contributed by atoms with Crippen LogP contribution in [0.1, 0.15) is 21.5 Å². The standard InChI is InChI=1S/C15H16N2O2S/c1-10-4-2-7-13(14(10)16)20(19)9-11-5-3-6-12(8-11)15(17)18/h2-8H,9,16H2,1H3,(H2,17,18). The zero-order chi connectivity index (χ0) is 14.7. The number of carbonyl (C=O) groups is 1. The van der Waals surface area contributed by atoms with E-state index in [1.807, 2.05) is 25.1 Å². The van der Waals surface area contributed by atoms with Crippen LogP contribution in [0.4, 0.5) is 5.69 Å². The van der Waals surface area contributed by atoms with Gasteiger partial charge in [-0.1, -0.05) is 24.3 Å². The molecule has 1 amide bonds. The highest BCUT2D eigenvalue weighted by Gasteiger charge is 2.11. The van der Waals surface area contributed by atoms with Gasteiger partial charge in [0.1, 0.15) is 0 Å². The number of primary amides is 1. The number of carbonyl (C=O) groups excluding carboxylic acids is 1. The van der Waals surface area contributed by atoms with Gasteiger partial charge in [0.15, 0.2) is 0 Å². The van der Waals surface area contributed by atoms with Gasteiger partial charge in [0.05, 0.1) is 27.1 Å². The predicted molar refractivity (Wildman–Crippen MR) is 80.7 cm³/mol. The first-order valence-corrected chi connectivity index (χ1v) is 7.43. The highest BCUT2D eigenvalue weighted by Crippen LogP contribution is 2.22. The Morgan fingerprint density at radius 1 is 1.20 bits per heavy atom. The zero-order valence-corrected chi connectivity index (χ0v) is 11.9. The van der Waals surface area contributed by atoms with Crippen molar-refractivity contribution in [2.45, 2.75) is 17.6 Å². The summed E-state index contributed by atoms with van der Waals surface area (Å²) in [7, 11) is -1.25. The molecule has 0 aliphatic heterocycles. The molecule has 0 spiro atoms. The topological polar surface area (TPSA) is 86.2 Å². The van der Waals surface area contributed by atoms with Gasteiger partial charge in [-0.3, -0.25) is 9.00 Å². The molecule has 4 N–H and O–H groups in total. The Balaban J connectivity index is 2.26. The van der Waals surface area contributed by atoms with E-state index in [4.69, 9.17) is 11.5 Å². The van der Waals surface area contributed by atoms with Crippen molar-refractivity contribution in [2.75, 3.05) is 5.73 Å². The normalized spacial score (nSPS) is 12.1. The third kappa shape index (κ3) is 3.05. The lowest BCUT2D eigenvalue weighted by atomic mass is 10.1. The second kappa shape index (κ2) is 5.88. The first-order chi connectivity index (χ1) is 9.49. The lowest BCUT2D eigenvalue weighted by Gasteiger charge is -2.08. The molecule has 4 nitrogen and oxygen atoms in total. The number of amides is 1. The van der Waals surface area contributed by atoms with Gasteiger partial charge >= 0.3 is 0 Å². The number of benzene rings is 2. The Bertz CT molecular complexity index is 683. The molecule has 0 aliphatic carbocycles. The van der Waals surface area contributed by atoms with Crippen LogP contribution >= 0.6 is 0 Å². The van der Waals surface area contributed by atoms with Gasteiger partial charge in [0.25, 0.3) is 0 Å². The van der Waals surface area contributed by atoms with Crippen LogP contribution < -0.4 is 11.5 Å². The van der Waals surface area contributed by atoms with Crippen molar-refractivity contribution >= 4 is 22.4 Å². The molecule has 104 valence electrons. The number of aryl methyl sites for hydroxylation is 1. The van der Waals surface area contributed by atoms with Crippen LogP contribution in [0, 0.1) is 6.92 Å². The van der Waals surface area contributed by atoms with E-state index in [2.05, 4.69) is 0 Å². The molecule has 0 heterocycles. The SMILES string of the molecule is Cc1cccc(S(=O)Cc2cccc(C(N)=O)c2)c1N. The molecule has 5 heteroatoms. The Hall–Kier alpha value is -2.14. The van der Waals surface area contributed by atoms with Crippen LogP contribution in [-0.4, -0.2) is 10.1 Å². The number of para-hydroxylation sites is 1. The lowest BCUT2D eigenvalue weighted by molar-refractivity contribution is 0.1000. The molecule has 0 saturated carbocycles. The number of rotatable bonds is 4. The van der Waals surface area contributed by atoms with Crippen molar-refractivity contribution in [3.8, 4) is 0 Å². The summed E-state index contributed by atoms with van der Waals surface area (Å²) in [5.74, 6) is -0.192. The van der Waals surface area contributed by atoms with E-state index < -0.39 is 16.7 Å². The van der Waals surface area contributed by atoms with E-state index in [-0.39, 0.29) is 0 Å². The summed E-state index contributed by atoms with van der Waals surface area (Å²) in [6.07, 6.45) is 0. The monoisotopic (exact) mass is 288 g/mol. The average Bonchev–Trinajstić information content (AvgIpc) is 2.42. The van der Waals surface area contributed by atoms with Crippen molar-refractivity contribution in [2.24, 2.45) is 5.73 Å². The second-order valence-corrected chi connectivity index (χ2v) is 5.96. The Morgan fingerprint density at radius 3 is 2.60 bits per heavy atom. The van der Waals surface area contributed by atoms with Crippen molar-refractivity contribution in [1.29, 1.82) is 0 Å². The van der Waals surface area contributed by atoms with Crippen LogP contribution in [0.5, 0.6) is 0 Å². The number of nitrogen functional groups attached to an aromatic ring is 1. The molecular formula is C15H16N2O2S. The zero-order valence-electron chi connectivity index (χ0n) is 11.1.